The number of hydrogen-bond donors (Lipinski definition) is 1. The van der Waals surface area contributed by atoms with Gasteiger partial charge in [-0.25, -0.2) is 4.79 Å². The molecule has 1 heterocycles. The van der Waals surface area contributed by atoms with E-state index in [1.807, 2.05) is 6.07 Å². The van der Waals surface area contributed by atoms with Crippen molar-refractivity contribution < 1.29 is 19.1 Å². The predicted molar refractivity (Wildman–Crippen MR) is 59.2 cm³/mol. The molecule has 1 saturated heterocycles. The fraction of sp³-hybridized carbons (Fsp3) is 0.333. The first-order chi connectivity index (χ1) is 8.12. The maximum atomic E-state index is 11.9. The monoisotopic (exact) mass is 235 g/mol. The minimum atomic E-state index is -1.12. The molecule has 0 radical (unpaired) electrons. The molecule has 5 heteroatoms. The second-order valence-electron chi connectivity index (χ2n) is 4.05. The van der Waals surface area contributed by atoms with Gasteiger partial charge in [0.05, 0.1) is 6.61 Å². The van der Waals surface area contributed by atoms with Crippen LogP contribution in [0.1, 0.15) is 17.3 Å². The molecule has 1 aliphatic rings. The Hall–Kier alpha value is -1.88. The Bertz CT molecular complexity index is 431. The molecule has 1 aliphatic heterocycles. The molecule has 5 nitrogen and oxygen atoms in total. The van der Waals surface area contributed by atoms with Gasteiger partial charge >= 0.3 is 5.97 Å². The molecule has 0 saturated carbocycles. The van der Waals surface area contributed by atoms with Crippen LogP contribution in [0, 0.1) is 0 Å². The lowest BCUT2D eigenvalue weighted by molar-refractivity contribution is -0.183. The molecule has 1 fully saturated rings. The highest BCUT2D eigenvalue weighted by Crippen LogP contribution is 2.13. The van der Waals surface area contributed by atoms with Crippen molar-refractivity contribution in [2.45, 2.75) is 12.5 Å². The molecule has 1 N–H and O–H groups in total. The Morgan fingerprint density at radius 1 is 1.35 bits per heavy atom. The number of carbonyl (C=O) groups is 2. The summed E-state index contributed by atoms with van der Waals surface area (Å²) in [5, 5.41) is 2.62. The van der Waals surface area contributed by atoms with Crippen molar-refractivity contribution in [3.63, 3.8) is 0 Å². The van der Waals surface area contributed by atoms with E-state index in [9.17, 15) is 9.59 Å². The van der Waals surface area contributed by atoms with Crippen molar-refractivity contribution in [1.29, 1.82) is 0 Å². The summed E-state index contributed by atoms with van der Waals surface area (Å²) in [4.78, 5) is 23.5. The minimum absolute atomic E-state index is 0.0599. The number of hydrogen-bond acceptors (Lipinski definition) is 4. The third-order valence-electron chi connectivity index (χ3n) is 2.54. The smallest absolute Gasteiger partial charge is 0.336 e. The summed E-state index contributed by atoms with van der Waals surface area (Å²) in [7, 11) is 0. The van der Waals surface area contributed by atoms with E-state index in [-0.39, 0.29) is 19.3 Å². The van der Waals surface area contributed by atoms with Crippen LogP contribution >= 0.6 is 0 Å². The first-order valence-electron chi connectivity index (χ1n) is 5.24. The molecule has 1 aromatic carbocycles. The highest BCUT2D eigenvalue weighted by atomic mass is 16.7. The van der Waals surface area contributed by atoms with Crippen molar-refractivity contribution in [3.05, 3.63) is 35.9 Å². The van der Waals surface area contributed by atoms with Crippen molar-refractivity contribution in [2.24, 2.45) is 0 Å². The van der Waals surface area contributed by atoms with E-state index in [0.29, 0.717) is 5.56 Å². The minimum Gasteiger partial charge on any atom is -0.437 e. The third-order valence-corrected chi connectivity index (χ3v) is 2.54. The van der Waals surface area contributed by atoms with Crippen LogP contribution in [0.15, 0.2) is 30.3 Å². The van der Waals surface area contributed by atoms with E-state index in [4.69, 9.17) is 9.47 Å². The number of benzene rings is 1. The van der Waals surface area contributed by atoms with Crippen molar-refractivity contribution in [3.8, 4) is 0 Å². The average Bonchev–Trinajstić information content (AvgIpc) is 2.34. The van der Waals surface area contributed by atoms with Gasteiger partial charge in [-0.2, -0.15) is 0 Å². The summed E-state index contributed by atoms with van der Waals surface area (Å²) in [6.45, 7) is 1.63. The van der Waals surface area contributed by atoms with Gasteiger partial charge in [-0.3, -0.25) is 4.79 Å². The van der Waals surface area contributed by atoms with Crippen molar-refractivity contribution in [2.75, 3.05) is 13.4 Å². The molecule has 1 amide bonds. The van der Waals surface area contributed by atoms with E-state index in [0.717, 1.165) is 0 Å². The molecular formula is C12H13NO4. The number of amides is 1. The zero-order chi connectivity index (χ0) is 12.3. The van der Waals surface area contributed by atoms with Gasteiger partial charge in [0.25, 0.3) is 5.91 Å². The lowest BCUT2D eigenvalue weighted by Crippen LogP contribution is -2.58. The van der Waals surface area contributed by atoms with E-state index >= 15 is 0 Å². The van der Waals surface area contributed by atoms with E-state index in [1.54, 1.807) is 31.2 Å². The molecule has 17 heavy (non-hydrogen) atoms. The molecule has 1 aromatic rings. The van der Waals surface area contributed by atoms with Crippen LogP contribution in [0.5, 0.6) is 0 Å². The van der Waals surface area contributed by atoms with Crippen molar-refractivity contribution in [1.82, 2.24) is 5.32 Å². The van der Waals surface area contributed by atoms with Crippen LogP contribution in [0.3, 0.4) is 0 Å². The standard InChI is InChI=1S/C12H13NO4/c1-12(7-16-8-17-11(12)15)13-10(14)9-5-3-2-4-6-9/h2-6H,7-8H2,1H3,(H,13,14)/t12-/m1/s1. The number of carbonyl (C=O) groups excluding carboxylic acids is 2. The summed E-state index contributed by atoms with van der Waals surface area (Å²) < 4.78 is 9.79. The quantitative estimate of drug-likeness (QED) is 0.766. The highest BCUT2D eigenvalue weighted by Gasteiger charge is 2.40. The molecular weight excluding hydrogens is 222 g/mol. The number of ether oxygens (including phenoxy) is 2. The van der Waals surface area contributed by atoms with E-state index in [1.165, 1.54) is 0 Å². The zero-order valence-corrected chi connectivity index (χ0v) is 9.43. The second kappa shape index (κ2) is 4.55. The van der Waals surface area contributed by atoms with Gasteiger partial charge in [0, 0.05) is 5.56 Å². The predicted octanol–water partition coefficient (Wildman–Crippen LogP) is 0.706. The van der Waals surface area contributed by atoms with Crippen LogP contribution in [0.25, 0.3) is 0 Å². The molecule has 0 spiro atoms. The topological polar surface area (TPSA) is 64.6 Å². The number of esters is 1. The Balaban J connectivity index is 2.10. The summed E-state index contributed by atoms with van der Waals surface area (Å²) >= 11 is 0. The largest absolute Gasteiger partial charge is 0.437 e. The summed E-state index contributed by atoms with van der Waals surface area (Å²) in [6, 6.07) is 8.68. The lowest BCUT2D eigenvalue weighted by atomic mass is 10.0. The molecule has 0 aliphatic carbocycles. The molecule has 2 rings (SSSR count). The van der Waals surface area contributed by atoms with Crippen LogP contribution in [0.2, 0.25) is 0 Å². The molecule has 1 atom stereocenters. The maximum absolute atomic E-state index is 11.9. The van der Waals surface area contributed by atoms with Gasteiger partial charge in [-0.05, 0) is 19.1 Å². The van der Waals surface area contributed by atoms with Gasteiger partial charge in [0.15, 0.2) is 12.3 Å². The zero-order valence-electron chi connectivity index (χ0n) is 9.43. The fourth-order valence-electron chi connectivity index (χ4n) is 1.56. The third kappa shape index (κ3) is 2.45. The summed E-state index contributed by atoms with van der Waals surface area (Å²) in [6.07, 6.45) is 0. The number of rotatable bonds is 2. The molecule has 90 valence electrons. The number of cyclic esters (lactones) is 1. The molecule has 0 unspecified atom stereocenters. The SMILES string of the molecule is C[C@@]1(NC(=O)c2ccccc2)COCOC1=O. The first kappa shape index (κ1) is 11.6. The van der Waals surface area contributed by atoms with Crippen LogP contribution in [0.4, 0.5) is 0 Å². The maximum Gasteiger partial charge on any atom is 0.336 e. The first-order valence-corrected chi connectivity index (χ1v) is 5.24. The molecule has 0 aromatic heterocycles. The Morgan fingerprint density at radius 3 is 2.71 bits per heavy atom. The van der Waals surface area contributed by atoms with Crippen LogP contribution in [-0.4, -0.2) is 30.8 Å². The highest BCUT2D eigenvalue weighted by molar-refractivity contribution is 5.98. The lowest BCUT2D eigenvalue weighted by Gasteiger charge is -2.31. The van der Waals surface area contributed by atoms with Gasteiger partial charge < -0.3 is 14.8 Å². The second-order valence-corrected chi connectivity index (χ2v) is 4.05. The Labute approximate surface area is 98.7 Å². The number of nitrogens with one attached hydrogen (secondary N) is 1. The van der Waals surface area contributed by atoms with Gasteiger partial charge in [0.2, 0.25) is 0 Å². The Kier molecular flexibility index (Phi) is 3.10. The molecule has 0 bridgehead atoms. The van der Waals surface area contributed by atoms with Gasteiger partial charge in [-0.15, -0.1) is 0 Å². The van der Waals surface area contributed by atoms with Gasteiger partial charge in [-0.1, -0.05) is 18.2 Å². The van der Waals surface area contributed by atoms with E-state index in [2.05, 4.69) is 5.32 Å². The van der Waals surface area contributed by atoms with E-state index < -0.39 is 11.5 Å². The van der Waals surface area contributed by atoms with Crippen LogP contribution < -0.4 is 5.32 Å². The fourth-order valence-corrected chi connectivity index (χ4v) is 1.56. The summed E-state index contributed by atoms with van der Waals surface area (Å²) in [5.74, 6) is -0.802. The van der Waals surface area contributed by atoms with Crippen molar-refractivity contribution >= 4 is 11.9 Å². The summed E-state index contributed by atoms with van der Waals surface area (Å²) in [5.41, 5.74) is -0.627. The normalized spacial score (nSPS) is 23.9. The van der Waals surface area contributed by atoms with Crippen LogP contribution in [-0.2, 0) is 14.3 Å². The average molecular weight is 235 g/mol. The van der Waals surface area contributed by atoms with Gasteiger partial charge in [0.1, 0.15) is 0 Å². The Morgan fingerprint density at radius 2 is 2.06 bits per heavy atom.